The van der Waals surface area contributed by atoms with Gasteiger partial charge in [0.2, 0.25) is 5.16 Å². The van der Waals surface area contributed by atoms with E-state index in [9.17, 15) is 14.9 Å². The molecular formula is C9H6ClN5O4S. The predicted molar refractivity (Wildman–Crippen MR) is 67.7 cm³/mol. The van der Waals surface area contributed by atoms with Gasteiger partial charge in [-0.1, -0.05) is 11.6 Å². The molecule has 1 heterocycles. The average Bonchev–Trinajstić information content (AvgIpc) is 2.75. The van der Waals surface area contributed by atoms with Gasteiger partial charge in [0.1, 0.15) is 6.54 Å². The molecule has 11 heteroatoms. The van der Waals surface area contributed by atoms with Crippen molar-refractivity contribution in [3.63, 3.8) is 0 Å². The number of carboxylic acid groups (broad SMARTS) is 1. The van der Waals surface area contributed by atoms with Crippen LogP contribution in [0.3, 0.4) is 0 Å². The van der Waals surface area contributed by atoms with E-state index in [1.54, 1.807) is 0 Å². The molecular weight excluding hydrogens is 310 g/mol. The molecule has 0 aliphatic heterocycles. The molecule has 20 heavy (non-hydrogen) atoms. The summed E-state index contributed by atoms with van der Waals surface area (Å²) < 4.78 is 1.03. The molecule has 0 fully saturated rings. The monoisotopic (exact) mass is 315 g/mol. The SMILES string of the molecule is O=C(O)Cn1nnnc1Sc1cc(Cl)ccc1[N+](=O)[O-]. The first-order chi connectivity index (χ1) is 9.47. The van der Waals surface area contributed by atoms with Gasteiger partial charge >= 0.3 is 5.97 Å². The number of nitro benzene ring substituents is 1. The number of halogens is 1. The van der Waals surface area contributed by atoms with E-state index in [0.29, 0.717) is 5.02 Å². The summed E-state index contributed by atoms with van der Waals surface area (Å²) in [6.45, 7) is -0.441. The maximum absolute atomic E-state index is 10.9. The van der Waals surface area contributed by atoms with Crippen LogP contribution in [0.5, 0.6) is 0 Å². The van der Waals surface area contributed by atoms with Gasteiger partial charge in [-0.15, -0.1) is 5.10 Å². The highest BCUT2D eigenvalue weighted by Crippen LogP contribution is 2.35. The maximum Gasteiger partial charge on any atom is 0.325 e. The van der Waals surface area contributed by atoms with Crippen LogP contribution in [0.15, 0.2) is 28.3 Å². The van der Waals surface area contributed by atoms with E-state index in [1.165, 1.54) is 18.2 Å². The van der Waals surface area contributed by atoms with Gasteiger partial charge in [0.15, 0.2) is 0 Å². The molecule has 0 aliphatic carbocycles. The summed E-state index contributed by atoms with van der Waals surface area (Å²) in [6.07, 6.45) is 0. The van der Waals surface area contributed by atoms with Gasteiger partial charge in [-0.25, -0.2) is 4.68 Å². The highest BCUT2D eigenvalue weighted by molar-refractivity contribution is 7.99. The lowest BCUT2D eigenvalue weighted by atomic mass is 10.3. The van der Waals surface area contributed by atoms with Crippen LogP contribution in [0.1, 0.15) is 0 Å². The molecule has 0 unspecified atom stereocenters. The van der Waals surface area contributed by atoms with Gasteiger partial charge in [-0.3, -0.25) is 14.9 Å². The number of aromatic nitrogens is 4. The molecule has 0 bridgehead atoms. The Kier molecular flexibility index (Phi) is 4.15. The molecule has 2 aromatic rings. The van der Waals surface area contributed by atoms with Crippen LogP contribution in [-0.4, -0.2) is 36.2 Å². The van der Waals surface area contributed by atoms with E-state index in [1.807, 2.05) is 0 Å². The largest absolute Gasteiger partial charge is 0.480 e. The molecule has 1 aromatic carbocycles. The van der Waals surface area contributed by atoms with E-state index < -0.39 is 17.4 Å². The van der Waals surface area contributed by atoms with Crippen molar-refractivity contribution < 1.29 is 14.8 Å². The zero-order valence-electron chi connectivity index (χ0n) is 9.63. The van der Waals surface area contributed by atoms with Crippen LogP contribution in [0.25, 0.3) is 0 Å². The number of hydrogen-bond donors (Lipinski definition) is 1. The number of nitro groups is 1. The van der Waals surface area contributed by atoms with Crippen molar-refractivity contribution in [3.05, 3.63) is 33.3 Å². The molecule has 0 saturated heterocycles. The third-order valence-electron chi connectivity index (χ3n) is 2.10. The van der Waals surface area contributed by atoms with Crippen LogP contribution in [0.4, 0.5) is 5.69 Å². The minimum atomic E-state index is -1.13. The van der Waals surface area contributed by atoms with Crippen molar-refractivity contribution in [1.29, 1.82) is 0 Å². The van der Waals surface area contributed by atoms with Crippen LogP contribution in [0.2, 0.25) is 5.02 Å². The molecule has 2 rings (SSSR count). The Morgan fingerprint density at radius 2 is 2.30 bits per heavy atom. The van der Waals surface area contributed by atoms with Gasteiger partial charge in [-0.2, -0.15) is 0 Å². The fourth-order valence-corrected chi connectivity index (χ4v) is 2.47. The van der Waals surface area contributed by atoms with Crippen LogP contribution >= 0.6 is 23.4 Å². The number of carbonyl (C=O) groups is 1. The summed E-state index contributed by atoms with van der Waals surface area (Å²) in [7, 11) is 0. The topological polar surface area (TPSA) is 124 Å². The second-order valence-corrected chi connectivity index (χ2v) is 4.93. The summed E-state index contributed by atoms with van der Waals surface area (Å²) in [4.78, 5) is 21.2. The van der Waals surface area contributed by atoms with Crippen LogP contribution in [0, 0.1) is 10.1 Å². The lowest BCUT2D eigenvalue weighted by Gasteiger charge is -2.03. The average molecular weight is 316 g/mol. The van der Waals surface area contributed by atoms with E-state index in [2.05, 4.69) is 15.5 Å². The minimum absolute atomic E-state index is 0.123. The van der Waals surface area contributed by atoms with Gasteiger partial charge < -0.3 is 5.11 Å². The van der Waals surface area contributed by atoms with Crippen LogP contribution < -0.4 is 0 Å². The lowest BCUT2D eigenvalue weighted by Crippen LogP contribution is -2.11. The first kappa shape index (κ1) is 14.2. The third kappa shape index (κ3) is 3.22. The Morgan fingerprint density at radius 1 is 1.55 bits per heavy atom. The molecule has 0 aliphatic rings. The number of benzene rings is 1. The van der Waals surface area contributed by atoms with Crippen molar-refractivity contribution in [2.75, 3.05) is 0 Å². The molecule has 0 saturated carbocycles. The first-order valence-corrected chi connectivity index (χ1v) is 6.26. The van der Waals surface area contributed by atoms with E-state index in [-0.39, 0.29) is 15.7 Å². The summed E-state index contributed by atoms with van der Waals surface area (Å²) >= 11 is 6.67. The molecule has 1 N–H and O–H groups in total. The minimum Gasteiger partial charge on any atom is -0.480 e. The van der Waals surface area contributed by atoms with Crippen LogP contribution in [-0.2, 0) is 11.3 Å². The number of hydrogen-bond acceptors (Lipinski definition) is 7. The second-order valence-electron chi connectivity index (χ2n) is 3.48. The molecule has 0 radical (unpaired) electrons. The molecule has 9 nitrogen and oxygen atoms in total. The Hall–Kier alpha value is -2.20. The number of nitrogens with zero attached hydrogens (tertiary/aromatic N) is 5. The summed E-state index contributed by atoms with van der Waals surface area (Å²) in [5.41, 5.74) is -0.163. The number of rotatable bonds is 5. The molecule has 0 spiro atoms. The summed E-state index contributed by atoms with van der Waals surface area (Å²) in [6, 6.07) is 4.05. The van der Waals surface area contributed by atoms with Gasteiger partial charge in [0.05, 0.1) is 9.82 Å². The highest BCUT2D eigenvalue weighted by atomic mass is 35.5. The van der Waals surface area contributed by atoms with Gasteiger partial charge in [0.25, 0.3) is 5.69 Å². The van der Waals surface area contributed by atoms with Crippen molar-refractivity contribution >= 4 is 35.0 Å². The first-order valence-electron chi connectivity index (χ1n) is 5.07. The predicted octanol–water partition coefficient (Wildman–Crippen LogP) is 1.47. The molecule has 1 aromatic heterocycles. The summed E-state index contributed by atoms with van der Waals surface area (Å²) in [5, 5.41) is 30.5. The Balaban J connectivity index is 2.35. The van der Waals surface area contributed by atoms with Gasteiger partial charge in [-0.05, 0) is 34.3 Å². The zero-order valence-corrected chi connectivity index (χ0v) is 11.2. The normalized spacial score (nSPS) is 10.4. The fourth-order valence-electron chi connectivity index (χ4n) is 1.32. The Labute approximate surface area is 120 Å². The third-order valence-corrected chi connectivity index (χ3v) is 3.36. The number of tetrazole rings is 1. The fraction of sp³-hybridized carbons (Fsp3) is 0.111. The summed E-state index contributed by atoms with van der Waals surface area (Å²) in [5.74, 6) is -1.13. The number of aliphatic carboxylic acids is 1. The Morgan fingerprint density at radius 3 is 2.95 bits per heavy atom. The van der Waals surface area contributed by atoms with E-state index in [4.69, 9.17) is 16.7 Å². The van der Waals surface area contributed by atoms with E-state index in [0.717, 1.165) is 16.4 Å². The molecule has 0 atom stereocenters. The van der Waals surface area contributed by atoms with E-state index >= 15 is 0 Å². The maximum atomic E-state index is 10.9. The standard InChI is InChI=1S/C9H6ClN5O4S/c10-5-1-2-6(15(18)19)7(3-5)20-9-11-12-13-14(9)4-8(16)17/h1-3H,4H2,(H,16,17). The van der Waals surface area contributed by atoms with Crippen molar-refractivity contribution in [3.8, 4) is 0 Å². The van der Waals surface area contributed by atoms with Gasteiger partial charge in [0, 0.05) is 11.1 Å². The Bertz CT molecular complexity index is 676. The smallest absolute Gasteiger partial charge is 0.325 e. The zero-order chi connectivity index (χ0) is 14.7. The highest BCUT2D eigenvalue weighted by Gasteiger charge is 2.19. The van der Waals surface area contributed by atoms with Crippen molar-refractivity contribution in [1.82, 2.24) is 20.2 Å². The molecule has 104 valence electrons. The lowest BCUT2D eigenvalue weighted by molar-refractivity contribution is -0.387. The quantitative estimate of drug-likeness (QED) is 0.649. The van der Waals surface area contributed by atoms with Crippen molar-refractivity contribution in [2.45, 2.75) is 16.6 Å². The number of carboxylic acids is 1. The second kappa shape index (κ2) is 5.84. The molecule has 0 amide bonds. The van der Waals surface area contributed by atoms with Crippen molar-refractivity contribution in [2.24, 2.45) is 0 Å².